The fourth-order valence-corrected chi connectivity index (χ4v) is 6.19. The van der Waals surface area contributed by atoms with Gasteiger partial charge in [0, 0.05) is 12.8 Å². The second-order valence-corrected chi connectivity index (χ2v) is 12.8. The number of hydrogen-bond donors (Lipinski definition) is 2. The molecule has 4 atom stereocenters. The lowest BCUT2D eigenvalue weighted by molar-refractivity contribution is -0.113. The van der Waals surface area contributed by atoms with Crippen molar-refractivity contribution in [1.82, 2.24) is 0 Å². The van der Waals surface area contributed by atoms with Crippen molar-refractivity contribution < 1.29 is 9.59 Å². The van der Waals surface area contributed by atoms with Crippen molar-refractivity contribution in [2.75, 3.05) is 0 Å². The molecule has 4 unspecified atom stereocenters. The van der Waals surface area contributed by atoms with E-state index in [9.17, 15) is 9.59 Å². The minimum absolute atomic E-state index is 0.0107. The lowest BCUT2D eigenvalue weighted by Gasteiger charge is -2.28. The monoisotopic (exact) mass is 542 g/mol. The van der Waals surface area contributed by atoms with Crippen molar-refractivity contribution in [3.63, 3.8) is 0 Å². The molecule has 2 nitrogen and oxygen atoms in total. The summed E-state index contributed by atoms with van der Waals surface area (Å²) in [7, 11) is 0. The highest BCUT2D eigenvalue weighted by Gasteiger charge is 2.24. The number of thiol groups is 2. The van der Waals surface area contributed by atoms with E-state index in [4.69, 9.17) is 0 Å². The summed E-state index contributed by atoms with van der Waals surface area (Å²) < 4.78 is 0. The molecule has 214 valence electrons. The summed E-state index contributed by atoms with van der Waals surface area (Å²) >= 11 is 8.25. The van der Waals surface area contributed by atoms with Crippen LogP contribution < -0.4 is 0 Å². The van der Waals surface area contributed by atoms with E-state index in [1.807, 2.05) is 0 Å². The molecule has 0 N–H and O–H groups in total. The summed E-state index contributed by atoms with van der Waals surface area (Å²) in [6, 6.07) is 0. The Bertz CT molecular complexity index is 476. The molecule has 0 radical (unpaired) electrons. The molecule has 36 heavy (non-hydrogen) atoms. The van der Waals surface area contributed by atoms with E-state index >= 15 is 0 Å². The summed E-state index contributed by atoms with van der Waals surface area (Å²) in [6.07, 6.45) is 27.0. The standard InChI is InChI=1S/C32H62O2S2/c1-5-7-9-11-13-15-17-19-21-27(3)29(25-31(33)35)23-24-30(26-32(34)36)28(4)22-20-18-16-14-12-10-8-6-2/h27-30H,5-26H2,1-4H3,(H,33,35)(H,34,36). The molecule has 0 saturated carbocycles. The van der Waals surface area contributed by atoms with Crippen LogP contribution in [0.3, 0.4) is 0 Å². The highest BCUT2D eigenvalue weighted by molar-refractivity contribution is 7.96. The van der Waals surface area contributed by atoms with E-state index in [0.717, 1.165) is 12.8 Å². The molecule has 0 aliphatic heterocycles. The van der Waals surface area contributed by atoms with Gasteiger partial charge in [0.05, 0.1) is 0 Å². The molecule has 0 aliphatic rings. The highest BCUT2D eigenvalue weighted by atomic mass is 32.1. The first-order chi connectivity index (χ1) is 17.3. The predicted octanol–water partition coefficient (Wildman–Crippen LogP) is 11.0. The fourth-order valence-electron chi connectivity index (χ4n) is 5.72. The zero-order chi connectivity index (χ0) is 27.0. The molecule has 0 bridgehead atoms. The summed E-state index contributed by atoms with van der Waals surface area (Å²) in [5.41, 5.74) is 0. The normalized spacial score (nSPS) is 14.9. The average Bonchev–Trinajstić information content (AvgIpc) is 2.83. The molecule has 0 heterocycles. The van der Waals surface area contributed by atoms with Crippen molar-refractivity contribution in [1.29, 1.82) is 0 Å². The summed E-state index contributed by atoms with van der Waals surface area (Å²) in [4.78, 5) is 23.8. The minimum Gasteiger partial charge on any atom is -0.287 e. The van der Waals surface area contributed by atoms with E-state index in [0.29, 0.717) is 36.5 Å². The Labute approximate surface area is 237 Å². The van der Waals surface area contributed by atoms with Gasteiger partial charge in [-0.15, -0.1) is 25.3 Å². The largest absolute Gasteiger partial charge is 0.287 e. The van der Waals surface area contributed by atoms with Crippen molar-refractivity contribution in [3.8, 4) is 0 Å². The first-order valence-corrected chi connectivity index (χ1v) is 16.6. The number of carbonyl (C=O) groups is 2. The lowest BCUT2D eigenvalue weighted by atomic mass is 9.78. The first-order valence-electron chi connectivity index (χ1n) is 15.7. The average molecular weight is 543 g/mol. The molecular weight excluding hydrogens is 480 g/mol. The van der Waals surface area contributed by atoms with E-state index in [-0.39, 0.29) is 10.2 Å². The summed E-state index contributed by atoms with van der Waals surface area (Å²) in [5, 5.41) is 0.0214. The number of carbonyl (C=O) groups excluding carboxylic acids is 2. The van der Waals surface area contributed by atoms with Crippen LogP contribution in [0.1, 0.15) is 169 Å². The smallest absolute Gasteiger partial charge is 0.186 e. The van der Waals surface area contributed by atoms with E-state index < -0.39 is 0 Å². The zero-order valence-corrected chi connectivity index (χ0v) is 26.4. The van der Waals surface area contributed by atoms with Gasteiger partial charge in [-0.3, -0.25) is 9.59 Å². The van der Waals surface area contributed by atoms with Crippen LogP contribution in [0.15, 0.2) is 0 Å². The third-order valence-electron chi connectivity index (χ3n) is 8.42. The minimum atomic E-state index is 0.0107. The van der Waals surface area contributed by atoms with Crippen LogP contribution in [0.5, 0.6) is 0 Å². The number of unbranched alkanes of at least 4 members (excludes halogenated alkanes) is 14. The SMILES string of the molecule is CCCCCCCCCCC(C)C(CCC(CC(=O)S)C(C)CCCCCCCCCC)CC(=O)S. The molecule has 0 saturated heterocycles. The molecular formula is C32H62O2S2. The second kappa shape index (κ2) is 25.3. The number of rotatable bonds is 27. The lowest BCUT2D eigenvalue weighted by Crippen LogP contribution is -2.20. The van der Waals surface area contributed by atoms with Gasteiger partial charge >= 0.3 is 0 Å². The van der Waals surface area contributed by atoms with Crippen LogP contribution in [0.2, 0.25) is 0 Å². The van der Waals surface area contributed by atoms with Crippen LogP contribution in [-0.2, 0) is 9.59 Å². The van der Waals surface area contributed by atoms with E-state index in [1.165, 1.54) is 116 Å². The zero-order valence-electron chi connectivity index (χ0n) is 24.6. The highest BCUT2D eigenvalue weighted by Crippen LogP contribution is 2.33. The molecule has 0 rings (SSSR count). The third kappa shape index (κ3) is 22.1. The van der Waals surface area contributed by atoms with Crippen LogP contribution in [0.4, 0.5) is 0 Å². The van der Waals surface area contributed by atoms with Gasteiger partial charge in [-0.25, -0.2) is 0 Å². The molecule has 0 fully saturated rings. The maximum Gasteiger partial charge on any atom is 0.186 e. The Morgan fingerprint density at radius 1 is 0.472 bits per heavy atom. The Kier molecular flexibility index (Phi) is 25.4. The van der Waals surface area contributed by atoms with Crippen LogP contribution in [0, 0.1) is 23.7 Å². The molecule has 0 aromatic carbocycles. The van der Waals surface area contributed by atoms with Crippen molar-refractivity contribution in [2.24, 2.45) is 23.7 Å². The van der Waals surface area contributed by atoms with Gasteiger partial charge in [0.2, 0.25) is 0 Å². The van der Waals surface area contributed by atoms with Crippen molar-refractivity contribution in [3.05, 3.63) is 0 Å². The van der Waals surface area contributed by atoms with Gasteiger partial charge in [0.1, 0.15) is 0 Å². The third-order valence-corrected chi connectivity index (χ3v) is 8.78. The van der Waals surface area contributed by atoms with Crippen LogP contribution in [-0.4, -0.2) is 10.2 Å². The van der Waals surface area contributed by atoms with E-state index in [1.54, 1.807) is 0 Å². The molecule has 4 heteroatoms. The Balaban J connectivity index is 4.49. The Morgan fingerprint density at radius 3 is 1.03 bits per heavy atom. The quantitative estimate of drug-likeness (QED) is 0.0799. The molecule has 0 aliphatic carbocycles. The van der Waals surface area contributed by atoms with Crippen LogP contribution >= 0.6 is 25.3 Å². The number of hydrogen-bond acceptors (Lipinski definition) is 2. The van der Waals surface area contributed by atoms with Crippen molar-refractivity contribution >= 4 is 35.5 Å². The van der Waals surface area contributed by atoms with Crippen LogP contribution in [0.25, 0.3) is 0 Å². The van der Waals surface area contributed by atoms with Gasteiger partial charge in [0.25, 0.3) is 0 Å². The van der Waals surface area contributed by atoms with Gasteiger partial charge < -0.3 is 0 Å². The van der Waals surface area contributed by atoms with E-state index in [2.05, 4.69) is 53.0 Å². The maximum atomic E-state index is 11.9. The van der Waals surface area contributed by atoms with Gasteiger partial charge in [-0.05, 0) is 36.5 Å². The van der Waals surface area contributed by atoms with Gasteiger partial charge in [-0.1, -0.05) is 143 Å². The Morgan fingerprint density at radius 2 is 0.750 bits per heavy atom. The molecule has 0 aromatic rings. The Hall–Kier alpha value is 0.0400. The predicted molar refractivity (Wildman–Crippen MR) is 166 cm³/mol. The topological polar surface area (TPSA) is 34.1 Å². The molecule has 0 spiro atoms. The van der Waals surface area contributed by atoms with Gasteiger partial charge in [0.15, 0.2) is 10.2 Å². The molecule has 0 amide bonds. The summed E-state index contributed by atoms with van der Waals surface area (Å²) in [6.45, 7) is 9.18. The molecule has 0 aromatic heterocycles. The second-order valence-electron chi connectivity index (χ2n) is 11.8. The fraction of sp³-hybridized carbons (Fsp3) is 0.938. The maximum absolute atomic E-state index is 11.9. The van der Waals surface area contributed by atoms with Gasteiger partial charge in [-0.2, -0.15) is 0 Å². The first kappa shape index (κ1) is 36.0. The van der Waals surface area contributed by atoms with Crippen molar-refractivity contribution in [2.45, 2.75) is 169 Å². The summed E-state index contributed by atoms with van der Waals surface area (Å²) in [5.74, 6) is 1.84.